The number of carbonyl (C=O) groups is 1. The Hall–Kier alpha value is -2.46. The fraction of sp³-hybridized carbons (Fsp3) is 0.536. The molecule has 2 aliphatic heterocycles. The molecule has 2 N–H and O–H groups in total. The van der Waals surface area contributed by atoms with Crippen LogP contribution in [0.25, 0.3) is 11.1 Å². The van der Waals surface area contributed by atoms with Gasteiger partial charge in [-0.3, -0.25) is 4.79 Å². The molecule has 2 heterocycles. The highest BCUT2D eigenvalue weighted by Crippen LogP contribution is 2.48. The molecule has 9 heteroatoms. The van der Waals surface area contributed by atoms with Crippen LogP contribution in [0.5, 0.6) is 5.75 Å². The van der Waals surface area contributed by atoms with Crippen molar-refractivity contribution in [2.24, 2.45) is 5.73 Å². The van der Waals surface area contributed by atoms with E-state index in [4.69, 9.17) is 19.9 Å². The third-order valence-electron chi connectivity index (χ3n) is 8.19. The molecule has 8 nitrogen and oxygen atoms in total. The minimum absolute atomic E-state index is 0.0314. The van der Waals surface area contributed by atoms with Gasteiger partial charge >= 0.3 is 0 Å². The monoisotopic (exact) mass is 528 g/mol. The topological polar surface area (TPSA) is 108 Å². The van der Waals surface area contributed by atoms with Crippen LogP contribution in [0.2, 0.25) is 0 Å². The number of amides is 1. The average molecular weight is 529 g/mol. The normalized spacial score (nSPS) is 28.2. The van der Waals surface area contributed by atoms with Gasteiger partial charge in [-0.1, -0.05) is 30.3 Å². The molecule has 0 spiro atoms. The van der Waals surface area contributed by atoms with E-state index < -0.39 is 38.7 Å². The summed E-state index contributed by atoms with van der Waals surface area (Å²) in [5.74, 6) is -0.556. The van der Waals surface area contributed by atoms with E-state index in [-0.39, 0.29) is 18.8 Å². The molecule has 1 saturated carbocycles. The number of hydrogen-bond donors (Lipinski definition) is 1. The molecule has 3 aliphatic rings. The van der Waals surface area contributed by atoms with Gasteiger partial charge < -0.3 is 19.9 Å². The van der Waals surface area contributed by atoms with E-state index in [1.165, 1.54) is 9.87 Å². The third-order valence-corrected chi connectivity index (χ3v) is 10.8. The van der Waals surface area contributed by atoms with Crippen LogP contribution in [0.15, 0.2) is 42.5 Å². The zero-order valence-corrected chi connectivity index (χ0v) is 22.7. The zero-order valence-electron chi connectivity index (χ0n) is 21.9. The van der Waals surface area contributed by atoms with Crippen LogP contribution >= 0.6 is 0 Å². The number of aryl methyl sites for hydroxylation is 1. The molecule has 2 aromatic carbocycles. The van der Waals surface area contributed by atoms with Crippen LogP contribution in [-0.2, 0) is 24.3 Å². The van der Waals surface area contributed by atoms with Crippen molar-refractivity contribution in [3.05, 3.63) is 53.6 Å². The van der Waals surface area contributed by atoms with Crippen LogP contribution in [0.4, 0.5) is 0 Å². The molecule has 1 aliphatic carbocycles. The molecule has 2 unspecified atom stereocenters. The highest BCUT2D eigenvalue weighted by Gasteiger charge is 2.64. The number of fused-ring (bicyclic) bond motifs is 1. The summed E-state index contributed by atoms with van der Waals surface area (Å²) in [6.45, 7) is 6.38. The van der Waals surface area contributed by atoms with Gasteiger partial charge in [-0.05, 0) is 73.9 Å². The zero-order chi connectivity index (χ0) is 26.6. The number of methoxy groups -OCH3 is 1. The Labute approximate surface area is 219 Å². The van der Waals surface area contributed by atoms with E-state index in [9.17, 15) is 13.2 Å². The molecule has 37 heavy (non-hydrogen) atoms. The number of ether oxygens (including phenoxy) is 3. The van der Waals surface area contributed by atoms with E-state index in [0.717, 1.165) is 22.4 Å². The fourth-order valence-electron chi connectivity index (χ4n) is 6.26. The Balaban J connectivity index is 1.30. The van der Waals surface area contributed by atoms with Crippen molar-refractivity contribution in [3.63, 3.8) is 0 Å². The molecule has 1 amide bonds. The van der Waals surface area contributed by atoms with E-state index >= 15 is 0 Å². The molecule has 5 rings (SSSR count). The maximum atomic E-state index is 13.8. The fourth-order valence-corrected chi connectivity index (χ4v) is 8.45. The summed E-state index contributed by atoms with van der Waals surface area (Å²) in [6.07, 6.45) is 0.507. The maximum Gasteiger partial charge on any atom is 0.240 e. The smallest absolute Gasteiger partial charge is 0.240 e. The van der Waals surface area contributed by atoms with E-state index in [1.54, 1.807) is 21.0 Å². The number of nitrogens with zero attached hydrogens (tertiary/aromatic N) is 1. The van der Waals surface area contributed by atoms with E-state index in [2.05, 4.69) is 31.2 Å². The Morgan fingerprint density at radius 1 is 1.05 bits per heavy atom. The van der Waals surface area contributed by atoms with Gasteiger partial charge in [-0.2, -0.15) is 0 Å². The van der Waals surface area contributed by atoms with Gasteiger partial charge in [0.05, 0.1) is 19.3 Å². The van der Waals surface area contributed by atoms with Gasteiger partial charge in [-0.15, -0.1) is 0 Å². The molecule has 2 saturated heterocycles. The van der Waals surface area contributed by atoms with Gasteiger partial charge in [-0.25, -0.2) is 12.7 Å². The Bertz CT molecular complexity index is 1280. The van der Waals surface area contributed by atoms with E-state index in [1.807, 2.05) is 18.2 Å². The van der Waals surface area contributed by atoms with E-state index in [0.29, 0.717) is 25.9 Å². The van der Waals surface area contributed by atoms with Crippen LogP contribution in [0.1, 0.15) is 56.6 Å². The Kier molecular flexibility index (Phi) is 6.63. The number of carbonyl (C=O) groups excluding carboxylic acids is 1. The lowest BCUT2D eigenvalue weighted by Crippen LogP contribution is -2.57. The van der Waals surface area contributed by atoms with Crippen LogP contribution in [0, 0.1) is 6.92 Å². The summed E-state index contributed by atoms with van der Waals surface area (Å²) >= 11 is 0. The van der Waals surface area contributed by atoms with Gasteiger partial charge in [0, 0.05) is 25.9 Å². The van der Waals surface area contributed by atoms with Crippen LogP contribution in [-0.4, -0.2) is 61.6 Å². The third kappa shape index (κ3) is 4.56. The van der Waals surface area contributed by atoms with Crippen molar-refractivity contribution >= 4 is 15.9 Å². The number of sulfonamides is 1. The predicted octanol–water partition coefficient (Wildman–Crippen LogP) is 3.72. The van der Waals surface area contributed by atoms with Crippen molar-refractivity contribution in [2.75, 3.05) is 20.2 Å². The van der Waals surface area contributed by atoms with Crippen LogP contribution in [0.3, 0.4) is 0 Å². The first-order chi connectivity index (χ1) is 17.5. The molecular weight excluding hydrogens is 492 g/mol. The first-order valence-electron chi connectivity index (χ1n) is 12.9. The van der Waals surface area contributed by atoms with Crippen molar-refractivity contribution in [3.8, 4) is 16.9 Å². The van der Waals surface area contributed by atoms with Gasteiger partial charge in [0.2, 0.25) is 15.9 Å². The molecule has 0 radical (unpaired) electrons. The van der Waals surface area contributed by atoms with Crippen LogP contribution < -0.4 is 10.5 Å². The lowest BCUT2D eigenvalue weighted by molar-refractivity contribution is -0.155. The summed E-state index contributed by atoms with van der Waals surface area (Å²) in [5, 5.41) is 0. The standard InChI is InChI=1S/C28H36N2O6S/c1-18-14-20(8-9-23(18)21-6-5-7-22(15-21)34-4)19-10-12-30(13-11-19)37(32,33)28(26(29)31)16-24-25(17-28)36-27(2,3)35-24/h5-9,14-15,19,24-25H,10-13,16-17H2,1-4H3,(H2,29,31). The molecular formula is C28H36N2O6S. The van der Waals surface area contributed by atoms with Gasteiger partial charge in [0.15, 0.2) is 10.5 Å². The Morgan fingerprint density at radius 3 is 2.27 bits per heavy atom. The number of piperidine rings is 1. The number of benzene rings is 2. The average Bonchev–Trinajstić information content (AvgIpc) is 3.36. The molecule has 0 bridgehead atoms. The quantitative estimate of drug-likeness (QED) is 0.612. The highest BCUT2D eigenvalue weighted by molar-refractivity contribution is 7.91. The summed E-state index contributed by atoms with van der Waals surface area (Å²) in [4.78, 5) is 12.6. The SMILES string of the molecule is COc1cccc(-c2ccc(C3CCN(S(=O)(=O)C4(C(N)=O)CC5OC(C)(C)OC5C4)CC3)cc2C)c1. The summed E-state index contributed by atoms with van der Waals surface area (Å²) in [6, 6.07) is 14.5. The first-order valence-corrected chi connectivity index (χ1v) is 14.3. The first kappa shape index (κ1) is 26.2. The Morgan fingerprint density at radius 2 is 1.70 bits per heavy atom. The highest BCUT2D eigenvalue weighted by atomic mass is 32.2. The van der Waals surface area contributed by atoms with Crippen molar-refractivity contribution < 1.29 is 27.4 Å². The molecule has 3 fully saturated rings. The van der Waals surface area contributed by atoms with Gasteiger partial charge in [0.25, 0.3) is 0 Å². The number of nitrogens with two attached hydrogens (primary N) is 1. The summed E-state index contributed by atoms with van der Waals surface area (Å²) in [7, 11) is -2.32. The lowest BCUT2D eigenvalue weighted by atomic mass is 9.87. The molecule has 200 valence electrons. The van der Waals surface area contributed by atoms with Crippen molar-refractivity contribution in [2.45, 2.75) is 75.1 Å². The lowest BCUT2D eigenvalue weighted by Gasteiger charge is -2.37. The second kappa shape index (κ2) is 9.38. The van der Waals surface area contributed by atoms with Crippen molar-refractivity contribution in [1.82, 2.24) is 4.31 Å². The summed E-state index contributed by atoms with van der Waals surface area (Å²) in [5.41, 5.74) is 10.3. The number of primary amides is 1. The summed E-state index contributed by atoms with van der Waals surface area (Å²) < 4.78 is 44.5. The minimum Gasteiger partial charge on any atom is -0.497 e. The number of hydrogen-bond acceptors (Lipinski definition) is 6. The molecule has 2 aromatic rings. The molecule has 0 aromatic heterocycles. The predicted molar refractivity (Wildman–Crippen MR) is 141 cm³/mol. The second-order valence-corrected chi connectivity index (χ2v) is 13.2. The number of rotatable bonds is 6. The van der Waals surface area contributed by atoms with Gasteiger partial charge in [0.1, 0.15) is 5.75 Å². The maximum absolute atomic E-state index is 13.8. The second-order valence-electron chi connectivity index (χ2n) is 11.0. The molecule has 2 atom stereocenters. The largest absolute Gasteiger partial charge is 0.497 e. The van der Waals surface area contributed by atoms with Crippen molar-refractivity contribution in [1.29, 1.82) is 0 Å². The minimum atomic E-state index is -3.98.